The lowest BCUT2D eigenvalue weighted by Crippen LogP contribution is -2.55. The fraction of sp³-hybridized carbons (Fsp3) is 0.688. The number of nitrogens with zero attached hydrogens (tertiary/aromatic N) is 1. The highest BCUT2D eigenvalue weighted by molar-refractivity contribution is 6.40. The van der Waals surface area contributed by atoms with Crippen LogP contribution >= 0.6 is 0 Å². The largest absolute Gasteiger partial charge is 0.481 e. The SMILES string of the molecule is CC(=O)O.CC(=O)O.N=C(CC(=O)CN)N1C[C@H](CCCB(O)O)[C@](N)(C(=O)O)C1. The number of nitrogens with one attached hydrogen (secondary N) is 1. The van der Waals surface area contributed by atoms with Gasteiger partial charge in [-0.05, 0) is 12.7 Å². The van der Waals surface area contributed by atoms with Gasteiger partial charge in [-0.2, -0.15) is 0 Å². The molecule has 0 radical (unpaired) electrons. The van der Waals surface area contributed by atoms with E-state index < -0.39 is 36.5 Å². The first-order chi connectivity index (χ1) is 13.7. The van der Waals surface area contributed by atoms with Gasteiger partial charge in [-0.25, -0.2) is 0 Å². The molecule has 2 atom stereocenters. The van der Waals surface area contributed by atoms with Gasteiger partial charge in [-0.1, -0.05) is 6.42 Å². The molecule has 1 rings (SSSR count). The maximum absolute atomic E-state index is 11.5. The zero-order valence-electron chi connectivity index (χ0n) is 17.1. The normalized spacial score (nSPS) is 19.5. The number of nitrogens with two attached hydrogens (primary N) is 2. The smallest absolute Gasteiger partial charge is 0.451 e. The summed E-state index contributed by atoms with van der Waals surface area (Å²) in [5, 5.41) is 49.8. The summed E-state index contributed by atoms with van der Waals surface area (Å²) in [7, 11) is -1.44. The molecule has 1 fully saturated rings. The number of likely N-dealkylation sites (tertiary alicyclic amines) is 1. The van der Waals surface area contributed by atoms with Crippen molar-refractivity contribution in [3.63, 3.8) is 0 Å². The summed E-state index contributed by atoms with van der Waals surface area (Å²) in [6, 6.07) is 0. The van der Waals surface area contributed by atoms with E-state index in [0.29, 0.717) is 12.8 Å². The van der Waals surface area contributed by atoms with Gasteiger partial charge in [0, 0.05) is 32.9 Å². The molecule has 0 saturated carbocycles. The van der Waals surface area contributed by atoms with E-state index in [9.17, 15) is 14.7 Å². The molecule has 172 valence electrons. The van der Waals surface area contributed by atoms with Crippen LogP contribution in [0, 0.1) is 11.3 Å². The fourth-order valence-corrected chi connectivity index (χ4v) is 2.65. The van der Waals surface area contributed by atoms with Crippen LogP contribution < -0.4 is 11.5 Å². The lowest BCUT2D eigenvalue weighted by molar-refractivity contribution is -0.144. The Hall–Kier alpha value is -2.55. The van der Waals surface area contributed by atoms with Crippen molar-refractivity contribution in [1.29, 1.82) is 5.41 Å². The third-order valence-corrected chi connectivity index (χ3v) is 4.01. The molecule has 0 amide bonds. The molecule has 10 N–H and O–H groups in total. The zero-order valence-corrected chi connectivity index (χ0v) is 17.1. The van der Waals surface area contributed by atoms with Crippen LogP contribution in [0.1, 0.15) is 33.1 Å². The van der Waals surface area contributed by atoms with E-state index >= 15 is 0 Å². The minimum Gasteiger partial charge on any atom is -0.481 e. The molecule has 0 aromatic heterocycles. The number of hydrogen-bond acceptors (Lipinski definition) is 9. The van der Waals surface area contributed by atoms with Crippen LogP contribution in [0.2, 0.25) is 6.32 Å². The molecular formula is C16H31BN4O9. The van der Waals surface area contributed by atoms with Crippen molar-refractivity contribution in [3.05, 3.63) is 0 Å². The van der Waals surface area contributed by atoms with Gasteiger partial charge in [0.1, 0.15) is 11.4 Å². The quantitative estimate of drug-likeness (QED) is 0.118. The highest BCUT2D eigenvalue weighted by atomic mass is 16.4. The first-order valence-corrected chi connectivity index (χ1v) is 8.98. The van der Waals surface area contributed by atoms with Crippen LogP contribution in [0.5, 0.6) is 0 Å². The molecule has 13 nitrogen and oxygen atoms in total. The van der Waals surface area contributed by atoms with Gasteiger partial charge in [0.25, 0.3) is 11.9 Å². The predicted octanol–water partition coefficient (Wildman–Crippen LogP) is -1.97. The number of carboxylic acid groups (broad SMARTS) is 3. The highest BCUT2D eigenvalue weighted by Crippen LogP contribution is 2.31. The van der Waals surface area contributed by atoms with Crippen molar-refractivity contribution in [2.75, 3.05) is 19.6 Å². The Balaban J connectivity index is 0. The molecule has 30 heavy (non-hydrogen) atoms. The highest BCUT2D eigenvalue weighted by Gasteiger charge is 2.49. The molecule has 0 aromatic rings. The monoisotopic (exact) mass is 434 g/mol. The summed E-state index contributed by atoms with van der Waals surface area (Å²) in [4.78, 5) is 42.3. The summed E-state index contributed by atoms with van der Waals surface area (Å²) in [6.07, 6.45) is 0.802. The van der Waals surface area contributed by atoms with Crippen LogP contribution in [0.3, 0.4) is 0 Å². The average Bonchev–Trinajstić information content (AvgIpc) is 2.92. The number of amidine groups is 1. The minimum absolute atomic E-state index is 0.0104. The molecule has 0 bridgehead atoms. The minimum atomic E-state index is -1.52. The molecule has 1 aliphatic rings. The summed E-state index contributed by atoms with van der Waals surface area (Å²) < 4.78 is 0. The first-order valence-electron chi connectivity index (χ1n) is 8.98. The summed E-state index contributed by atoms with van der Waals surface area (Å²) in [5.41, 5.74) is 9.68. The third kappa shape index (κ3) is 12.8. The van der Waals surface area contributed by atoms with Gasteiger partial charge < -0.3 is 41.7 Å². The number of carbonyl (C=O) groups is 4. The molecule has 1 aliphatic heterocycles. The molecular weight excluding hydrogens is 403 g/mol. The van der Waals surface area contributed by atoms with Crippen molar-refractivity contribution >= 4 is 36.6 Å². The Kier molecular flexibility index (Phi) is 14.3. The van der Waals surface area contributed by atoms with Crippen molar-refractivity contribution in [2.45, 2.75) is 45.0 Å². The van der Waals surface area contributed by atoms with E-state index in [2.05, 4.69) is 0 Å². The number of Topliss-reactive ketones (excluding diaryl/α,β-unsaturated/α-hetero) is 1. The third-order valence-electron chi connectivity index (χ3n) is 4.01. The van der Waals surface area contributed by atoms with Crippen LogP contribution in [-0.4, -0.2) is 92.1 Å². The summed E-state index contributed by atoms with van der Waals surface area (Å²) in [6.45, 7) is 2.20. The van der Waals surface area contributed by atoms with E-state index in [1.807, 2.05) is 0 Å². The number of rotatable bonds is 8. The second kappa shape index (κ2) is 14.4. The topological polar surface area (TPSA) is 249 Å². The van der Waals surface area contributed by atoms with Gasteiger partial charge in [0.05, 0.1) is 13.0 Å². The Labute approximate surface area is 174 Å². The number of carboxylic acids is 3. The predicted molar refractivity (Wildman–Crippen MR) is 107 cm³/mol. The number of hydrogen-bond donors (Lipinski definition) is 8. The zero-order chi connectivity index (χ0) is 24.1. The van der Waals surface area contributed by atoms with Crippen LogP contribution in [0.15, 0.2) is 0 Å². The molecule has 0 aromatic carbocycles. The second-order valence-electron chi connectivity index (χ2n) is 6.74. The lowest BCUT2D eigenvalue weighted by atomic mass is 9.78. The van der Waals surface area contributed by atoms with E-state index in [-0.39, 0.29) is 44.0 Å². The van der Waals surface area contributed by atoms with Crippen molar-refractivity contribution < 1.29 is 44.5 Å². The lowest BCUT2D eigenvalue weighted by Gasteiger charge is -2.25. The Morgan fingerprint density at radius 1 is 1.13 bits per heavy atom. The van der Waals surface area contributed by atoms with Gasteiger partial charge in [-0.3, -0.25) is 24.6 Å². The molecule has 0 spiro atoms. The van der Waals surface area contributed by atoms with Gasteiger partial charge in [0.15, 0.2) is 5.78 Å². The van der Waals surface area contributed by atoms with Crippen LogP contribution in [0.4, 0.5) is 0 Å². The molecule has 0 aliphatic carbocycles. The Morgan fingerprint density at radius 3 is 1.97 bits per heavy atom. The number of carbonyl (C=O) groups excluding carboxylic acids is 1. The summed E-state index contributed by atoms with van der Waals surface area (Å²) in [5.74, 6) is -3.55. The molecule has 14 heteroatoms. The van der Waals surface area contributed by atoms with Gasteiger partial charge in [-0.15, -0.1) is 0 Å². The van der Waals surface area contributed by atoms with Crippen LogP contribution in [0.25, 0.3) is 0 Å². The molecule has 1 heterocycles. The second-order valence-corrected chi connectivity index (χ2v) is 6.74. The van der Waals surface area contributed by atoms with E-state index in [0.717, 1.165) is 13.8 Å². The van der Waals surface area contributed by atoms with Crippen molar-refractivity contribution in [2.24, 2.45) is 17.4 Å². The van der Waals surface area contributed by atoms with Crippen LogP contribution in [-0.2, 0) is 19.2 Å². The maximum Gasteiger partial charge on any atom is 0.451 e. The molecule has 0 unspecified atom stereocenters. The standard InChI is InChI=1S/C12H23BN4O5.2C2H4O2/c14-5-9(18)4-10(15)17-6-8(2-1-3-13(21)22)12(16,7-17)11(19)20;2*1-2(3)4/h8,15,21-22H,1-7,14,16H2,(H,19,20);2*1H3,(H,3,4)/t8-,12-;;/m0../s1. The van der Waals surface area contributed by atoms with Crippen molar-refractivity contribution in [1.82, 2.24) is 4.90 Å². The Bertz CT molecular complexity index is 598. The van der Waals surface area contributed by atoms with Gasteiger partial charge >= 0.3 is 13.1 Å². The van der Waals surface area contributed by atoms with Crippen molar-refractivity contribution in [3.8, 4) is 0 Å². The first kappa shape index (κ1) is 29.7. The summed E-state index contributed by atoms with van der Waals surface area (Å²) >= 11 is 0. The van der Waals surface area contributed by atoms with E-state index in [1.54, 1.807) is 0 Å². The maximum atomic E-state index is 11.5. The average molecular weight is 434 g/mol. The van der Waals surface area contributed by atoms with E-state index in [1.165, 1.54) is 4.90 Å². The fourth-order valence-electron chi connectivity index (χ4n) is 2.65. The number of ketones is 1. The molecule has 1 saturated heterocycles. The van der Waals surface area contributed by atoms with Gasteiger partial charge in [0.2, 0.25) is 0 Å². The number of aliphatic carboxylic acids is 3. The van der Waals surface area contributed by atoms with E-state index in [4.69, 9.17) is 46.7 Å². The Morgan fingerprint density at radius 2 is 1.60 bits per heavy atom.